The molecule has 1 atom stereocenters. The van der Waals surface area contributed by atoms with E-state index in [1.807, 2.05) is 0 Å². The molecule has 0 spiro atoms. The van der Waals surface area contributed by atoms with Gasteiger partial charge >= 0.3 is 6.03 Å². The Balaban J connectivity index is 1.90. The lowest BCUT2D eigenvalue weighted by Gasteiger charge is -2.13. The van der Waals surface area contributed by atoms with E-state index in [0.29, 0.717) is 15.7 Å². The fraction of sp³-hybridized carbons (Fsp3) is 0.133. The van der Waals surface area contributed by atoms with Crippen molar-refractivity contribution in [1.29, 1.82) is 0 Å². The Morgan fingerprint density at radius 2 is 1.91 bits per heavy atom. The molecule has 0 aliphatic carbocycles. The van der Waals surface area contributed by atoms with Crippen molar-refractivity contribution in [2.24, 2.45) is 0 Å². The molecule has 1 unspecified atom stereocenters. The molecule has 0 aliphatic heterocycles. The van der Waals surface area contributed by atoms with Gasteiger partial charge in [0.1, 0.15) is 5.82 Å². The first kappa shape index (κ1) is 16.5. The van der Waals surface area contributed by atoms with Crippen LogP contribution in [0.3, 0.4) is 0 Å². The highest BCUT2D eigenvalue weighted by atomic mass is 35.5. The minimum Gasteiger partial charge on any atom is -0.386 e. The van der Waals surface area contributed by atoms with Gasteiger partial charge in [-0.05, 0) is 24.3 Å². The third-order valence-electron chi connectivity index (χ3n) is 2.90. The van der Waals surface area contributed by atoms with Crippen LogP contribution in [-0.4, -0.2) is 17.7 Å². The molecular formula is C15H13Cl2FN2O2. The molecule has 0 saturated carbocycles. The Morgan fingerprint density at radius 3 is 2.59 bits per heavy atom. The molecule has 0 bridgehead atoms. The van der Waals surface area contributed by atoms with Gasteiger partial charge in [0.2, 0.25) is 0 Å². The normalized spacial score (nSPS) is 11.8. The molecule has 0 radical (unpaired) electrons. The van der Waals surface area contributed by atoms with Gasteiger partial charge in [0.15, 0.2) is 0 Å². The second-order valence-electron chi connectivity index (χ2n) is 4.50. The summed E-state index contributed by atoms with van der Waals surface area (Å²) in [5.74, 6) is -0.526. The maximum absolute atomic E-state index is 13.5. The van der Waals surface area contributed by atoms with Crippen LogP contribution in [0.1, 0.15) is 11.7 Å². The molecule has 0 aliphatic rings. The Kier molecular flexibility index (Phi) is 5.60. The summed E-state index contributed by atoms with van der Waals surface area (Å²) in [6, 6.07) is 9.92. The van der Waals surface area contributed by atoms with Gasteiger partial charge < -0.3 is 15.7 Å². The molecule has 2 aromatic carbocycles. The first-order valence-corrected chi connectivity index (χ1v) is 7.15. The average Bonchev–Trinajstić information content (AvgIpc) is 2.49. The van der Waals surface area contributed by atoms with Crippen LogP contribution in [0.4, 0.5) is 14.9 Å². The number of hydrogen-bond donors (Lipinski definition) is 3. The van der Waals surface area contributed by atoms with E-state index in [2.05, 4.69) is 10.6 Å². The van der Waals surface area contributed by atoms with Crippen LogP contribution >= 0.6 is 23.2 Å². The second kappa shape index (κ2) is 7.45. The number of urea groups is 1. The van der Waals surface area contributed by atoms with Gasteiger partial charge in [-0.1, -0.05) is 41.4 Å². The molecule has 2 amide bonds. The lowest BCUT2D eigenvalue weighted by molar-refractivity contribution is 0.170. The lowest BCUT2D eigenvalue weighted by Crippen LogP contribution is -2.32. The molecular weight excluding hydrogens is 330 g/mol. The van der Waals surface area contributed by atoms with Crippen LogP contribution < -0.4 is 10.6 Å². The number of nitrogens with one attached hydrogen (secondary N) is 2. The summed E-state index contributed by atoms with van der Waals surface area (Å²) in [7, 11) is 0. The molecule has 0 saturated heterocycles. The zero-order valence-corrected chi connectivity index (χ0v) is 12.8. The predicted octanol–water partition coefficient (Wildman–Crippen LogP) is 3.99. The molecule has 116 valence electrons. The number of aliphatic hydroxyl groups is 1. The highest BCUT2D eigenvalue weighted by Gasteiger charge is 2.13. The third-order valence-corrected chi connectivity index (χ3v) is 3.64. The number of hydrogen-bond acceptors (Lipinski definition) is 2. The van der Waals surface area contributed by atoms with Gasteiger partial charge in [-0.25, -0.2) is 9.18 Å². The van der Waals surface area contributed by atoms with E-state index >= 15 is 0 Å². The highest BCUT2D eigenvalue weighted by molar-refractivity contribution is 6.42. The number of carbonyl (C=O) groups is 1. The Bertz CT molecular complexity index is 682. The van der Waals surface area contributed by atoms with E-state index in [4.69, 9.17) is 23.2 Å². The first-order chi connectivity index (χ1) is 10.5. The molecule has 4 nitrogen and oxygen atoms in total. The minimum atomic E-state index is -1.14. The molecule has 3 N–H and O–H groups in total. The Hall–Kier alpha value is -1.82. The van der Waals surface area contributed by atoms with E-state index in [0.717, 1.165) is 0 Å². The highest BCUT2D eigenvalue weighted by Crippen LogP contribution is 2.25. The zero-order chi connectivity index (χ0) is 16.1. The molecule has 0 fully saturated rings. The van der Waals surface area contributed by atoms with Crippen LogP contribution in [0.15, 0.2) is 42.5 Å². The van der Waals surface area contributed by atoms with Crippen molar-refractivity contribution in [3.8, 4) is 0 Å². The smallest absolute Gasteiger partial charge is 0.319 e. The molecule has 0 heterocycles. The first-order valence-electron chi connectivity index (χ1n) is 6.40. The maximum Gasteiger partial charge on any atom is 0.319 e. The van der Waals surface area contributed by atoms with E-state index in [9.17, 15) is 14.3 Å². The van der Waals surface area contributed by atoms with Crippen molar-refractivity contribution in [3.63, 3.8) is 0 Å². The SMILES string of the molecule is O=C(NCC(O)c1ccccc1F)Nc1ccc(Cl)c(Cl)c1. The minimum absolute atomic E-state index is 0.123. The number of halogens is 3. The van der Waals surface area contributed by atoms with Crippen LogP contribution in [0.25, 0.3) is 0 Å². The van der Waals surface area contributed by atoms with Crippen LogP contribution in [-0.2, 0) is 0 Å². The standard InChI is InChI=1S/C15H13Cl2FN2O2/c16-11-6-5-9(7-12(11)17)20-15(22)19-8-14(21)10-3-1-2-4-13(10)18/h1-7,14,21H,8H2,(H2,19,20,22). The largest absolute Gasteiger partial charge is 0.386 e. The second-order valence-corrected chi connectivity index (χ2v) is 5.32. The average molecular weight is 343 g/mol. The van der Waals surface area contributed by atoms with E-state index in [-0.39, 0.29) is 12.1 Å². The van der Waals surface area contributed by atoms with Gasteiger partial charge in [-0.15, -0.1) is 0 Å². The third kappa shape index (κ3) is 4.34. The number of carbonyl (C=O) groups excluding carboxylic acids is 1. The van der Waals surface area contributed by atoms with Gasteiger partial charge in [0.25, 0.3) is 0 Å². The zero-order valence-electron chi connectivity index (χ0n) is 11.3. The Labute approximate surface area is 136 Å². The predicted molar refractivity (Wildman–Crippen MR) is 84.8 cm³/mol. The summed E-state index contributed by atoms with van der Waals surface area (Å²) in [5, 5.41) is 15.5. The van der Waals surface area contributed by atoms with Crippen LogP contribution in [0.2, 0.25) is 10.0 Å². The van der Waals surface area contributed by atoms with Gasteiger partial charge in [-0.3, -0.25) is 0 Å². The molecule has 2 aromatic rings. The van der Waals surface area contributed by atoms with Crippen molar-refractivity contribution in [2.45, 2.75) is 6.10 Å². The number of benzene rings is 2. The van der Waals surface area contributed by atoms with E-state index < -0.39 is 18.0 Å². The maximum atomic E-state index is 13.5. The van der Waals surface area contributed by atoms with E-state index in [1.165, 1.54) is 24.3 Å². The number of rotatable bonds is 4. The van der Waals surface area contributed by atoms with Crippen LogP contribution in [0.5, 0.6) is 0 Å². The fourth-order valence-corrected chi connectivity index (χ4v) is 2.09. The molecule has 22 heavy (non-hydrogen) atoms. The molecule has 7 heteroatoms. The number of aliphatic hydroxyl groups excluding tert-OH is 1. The van der Waals surface area contributed by atoms with Crippen molar-refractivity contribution >= 4 is 34.9 Å². The lowest BCUT2D eigenvalue weighted by atomic mass is 10.1. The summed E-state index contributed by atoms with van der Waals surface area (Å²) in [6.07, 6.45) is -1.14. The summed E-state index contributed by atoms with van der Waals surface area (Å²) >= 11 is 11.6. The van der Waals surface area contributed by atoms with Crippen molar-refractivity contribution in [3.05, 3.63) is 63.9 Å². The fourth-order valence-electron chi connectivity index (χ4n) is 1.79. The monoisotopic (exact) mass is 342 g/mol. The summed E-state index contributed by atoms with van der Waals surface area (Å²) in [4.78, 5) is 11.7. The Morgan fingerprint density at radius 1 is 1.18 bits per heavy atom. The van der Waals surface area contributed by atoms with E-state index in [1.54, 1.807) is 18.2 Å². The molecule has 2 rings (SSSR count). The summed E-state index contributed by atoms with van der Waals surface area (Å²) in [5.41, 5.74) is 0.574. The van der Waals surface area contributed by atoms with Gasteiger partial charge in [0.05, 0.1) is 16.1 Å². The van der Waals surface area contributed by atoms with Crippen molar-refractivity contribution < 1.29 is 14.3 Å². The number of amides is 2. The summed E-state index contributed by atoms with van der Waals surface area (Å²) < 4.78 is 13.5. The summed E-state index contributed by atoms with van der Waals surface area (Å²) in [6.45, 7) is -0.131. The topological polar surface area (TPSA) is 61.4 Å². The van der Waals surface area contributed by atoms with Crippen molar-refractivity contribution in [2.75, 3.05) is 11.9 Å². The quantitative estimate of drug-likeness (QED) is 0.786. The molecule has 0 aromatic heterocycles. The van der Waals surface area contributed by atoms with Crippen molar-refractivity contribution in [1.82, 2.24) is 5.32 Å². The van der Waals surface area contributed by atoms with Crippen LogP contribution in [0, 0.1) is 5.82 Å². The number of anilines is 1. The van der Waals surface area contributed by atoms with Gasteiger partial charge in [-0.2, -0.15) is 0 Å². The van der Waals surface area contributed by atoms with Gasteiger partial charge in [0, 0.05) is 17.8 Å².